The maximum absolute atomic E-state index is 13.2. The van der Waals surface area contributed by atoms with Crippen molar-refractivity contribution in [2.45, 2.75) is 19.3 Å². The smallest absolute Gasteiger partial charge is 0.459 e. The zero-order chi connectivity index (χ0) is 23.3. The minimum Gasteiger partial charge on any atom is -0.468 e. The third-order valence-electron chi connectivity index (χ3n) is 4.32. The Kier molecular flexibility index (Phi) is 7.70. The summed E-state index contributed by atoms with van der Waals surface area (Å²) in [6.45, 7) is 0.923. The fourth-order valence-electron chi connectivity index (χ4n) is 2.66. The molecular formula is C19H21ClN3O8P. The minimum absolute atomic E-state index is 0.200. The molecule has 1 unspecified atom stereocenters. The fourth-order valence-corrected chi connectivity index (χ4v) is 4.06. The number of methoxy groups -OCH3 is 1. The number of aromatic amines is 1. The number of nitrogens with one attached hydrogen (secondary N) is 2. The first-order valence-corrected chi connectivity index (χ1v) is 11.3. The van der Waals surface area contributed by atoms with Crippen LogP contribution in [0.2, 0.25) is 5.02 Å². The largest absolute Gasteiger partial charge is 0.468 e. The van der Waals surface area contributed by atoms with Gasteiger partial charge in [0, 0.05) is 16.8 Å². The first kappa shape index (κ1) is 24.0. The molecule has 13 heteroatoms. The van der Waals surface area contributed by atoms with Gasteiger partial charge in [-0.3, -0.25) is 23.7 Å². The van der Waals surface area contributed by atoms with Gasteiger partial charge in [-0.15, -0.1) is 0 Å². The molecule has 1 aliphatic rings. The number of benzene rings is 1. The van der Waals surface area contributed by atoms with Gasteiger partial charge < -0.3 is 14.0 Å². The summed E-state index contributed by atoms with van der Waals surface area (Å²) in [6.07, 6.45) is 3.13. The molecule has 3 atom stereocenters. The Morgan fingerprint density at radius 2 is 2.00 bits per heavy atom. The van der Waals surface area contributed by atoms with Gasteiger partial charge in [0.25, 0.3) is 5.56 Å². The van der Waals surface area contributed by atoms with E-state index in [0.717, 1.165) is 0 Å². The van der Waals surface area contributed by atoms with Crippen molar-refractivity contribution in [3.63, 3.8) is 0 Å². The predicted octanol–water partition coefficient (Wildman–Crippen LogP) is 1.92. The fraction of sp³-hybridized carbons (Fsp3) is 0.316. The Bertz CT molecular complexity index is 1160. The lowest BCUT2D eigenvalue weighted by Crippen LogP contribution is -2.33. The minimum atomic E-state index is -4.02. The van der Waals surface area contributed by atoms with E-state index in [4.69, 9.17) is 25.4 Å². The molecule has 2 aromatic rings. The predicted molar refractivity (Wildman–Crippen MR) is 115 cm³/mol. The van der Waals surface area contributed by atoms with Crippen molar-refractivity contribution in [3.05, 3.63) is 74.0 Å². The van der Waals surface area contributed by atoms with Gasteiger partial charge in [-0.1, -0.05) is 17.7 Å². The highest BCUT2D eigenvalue weighted by Gasteiger charge is 2.31. The van der Waals surface area contributed by atoms with E-state index >= 15 is 0 Å². The van der Waals surface area contributed by atoms with E-state index in [-0.39, 0.29) is 12.4 Å². The number of nitrogens with zero attached hydrogens (tertiary/aromatic N) is 1. The molecule has 0 saturated heterocycles. The SMILES string of the molecule is COC(=O)CNP(=O)(OC[C@@H]1C=C[C@H](n2cc(C)c(=O)[nH]c2=O)O1)Oc1ccc(Cl)cc1. The molecule has 2 N–H and O–H groups in total. The number of aryl methyl sites for hydroxylation is 1. The molecule has 1 aromatic heterocycles. The Morgan fingerprint density at radius 3 is 2.69 bits per heavy atom. The van der Waals surface area contributed by atoms with Gasteiger partial charge in [-0.05, 0) is 37.3 Å². The van der Waals surface area contributed by atoms with Crippen LogP contribution in [-0.4, -0.2) is 41.9 Å². The highest BCUT2D eigenvalue weighted by atomic mass is 35.5. The number of hydrogen-bond donors (Lipinski definition) is 2. The Hall–Kier alpha value is -2.69. The molecule has 172 valence electrons. The maximum atomic E-state index is 13.2. The summed E-state index contributed by atoms with van der Waals surface area (Å²) in [5.41, 5.74) is -0.771. The van der Waals surface area contributed by atoms with Gasteiger partial charge in [0.05, 0.1) is 13.7 Å². The van der Waals surface area contributed by atoms with Crippen molar-refractivity contribution in [1.29, 1.82) is 0 Å². The molecule has 0 spiro atoms. The molecule has 0 bridgehead atoms. The van der Waals surface area contributed by atoms with Crippen LogP contribution in [0.1, 0.15) is 11.8 Å². The number of hydrogen-bond acceptors (Lipinski definition) is 8. The van der Waals surface area contributed by atoms with E-state index in [0.29, 0.717) is 10.6 Å². The van der Waals surface area contributed by atoms with E-state index < -0.39 is 43.8 Å². The summed E-state index contributed by atoms with van der Waals surface area (Å²) >= 11 is 5.84. The number of rotatable bonds is 9. The second-order valence-electron chi connectivity index (χ2n) is 6.68. The molecule has 1 aliphatic heterocycles. The topological polar surface area (TPSA) is 138 Å². The van der Waals surface area contributed by atoms with Crippen LogP contribution in [0.15, 0.2) is 52.2 Å². The number of esters is 1. The van der Waals surface area contributed by atoms with Gasteiger partial charge in [-0.2, -0.15) is 0 Å². The lowest BCUT2D eigenvalue weighted by atomic mass is 10.3. The number of carbonyl (C=O) groups excluding carboxylic acids is 1. The van der Waals surface area contributed by atoms with Crippen molar-refractivity contribution in [2.75, 3.05) is 20.3 Å². The molecule has 0 aliphatic carbocycles. The van der Waals surface area contributed by atoms with E-state index in [1.165, 1.54) is 30.0 Å². The molecule has 0 radical (unpaired) electrons. The molecule has 0 fully saturated rings. The molecule has 11 nitrogen and oxygen atoms in total. The zero-order valence-corrected chi connectivity index (χ0v) is 18.8. The monoisotopic (exact) mass is 485 g/mol. The van der Waals surface area contributed by atoms with Gasteiger partial charge in [0.2, 0.25) is 0 Å². The van der Waals surface area contributed by atoms with Crippen molar-refractivity contribution in [3.8, 4) is 5.75 Å². The van der Waals surface area contributed by atoms with E-state index in [1.54, 1.807) is 31.2 Å². The van der Waals surface area contributed by atoms with Crippen molar-refractivity contribution < 1.29 is 27.9 Å². The normalized spacial score (nSPS) is 19.5. The van der Waals surface area contributed by atoms with Crippen LogP contribution in [0.25, 0.3) is 0 Å². The summed E-state index contributed by atoms with van der Waals surface area (Å²) in [6, 6.07) is 6.06. The van der Waals surface area contributed by atoms with E-state index in [2.05, 4.69) is 14.8 Å². The molecule has 0 saturated carbocycles. The highest BCUT2D eigenvalue weighted by molar-refractivity contribution is 7.52. The first-order chi connectivity index (χ1) is 15.2. The third-order valence-corrected chi connectivity index (χ3v) is 6.05. The second-order valence-corrected chi connectivity index (χ2v) is 8.87. The van der Waals surface area contributed by atoms with Crippen LogP contribution in [0.3, 0.4) is 0 Å². The van der Waals surface area contributed by atoms with Gasteiger partial charge in [-0.25, -0.2) is 14.4 Å². The van der Waals surface area contributed by atoms with Crippen LogP contribution < -0.4 is 20.9 Å². The highest BCUT2D eigenvalue weighted by Crippen LogP contribution is 2.44. The summed E-state index contributed by atoms with van der Waals surface area (Å²) in [4.78, 5) is 37.3. The average Bonchev–Trinajstić information content (AvgIpc) is 3.24. The number of H-pyrrole nitrogens is 1. The van der Waals surface area contributed by atoms with Crippen LogP contribution in [0.4, 0.5) is 0 Å². The summed E-state index contributed by atoms with van der Waals surface area (Å²) in [7, 11) is -2.83. The summed E-state index contributed by atoms with van der Waals surface area (Å²) in [5, 5.41) is 2.89. The Balaban J connectivity index is 1.67. The second kappa shape index (κ2) is 10.3. The lowest BCUT2D eigenvalue weighted by molar-refractivity contribution is -0.139. The van der Waals surface area contributed by atoms with Crippen LogP contribution >= 0.6 is 19.3 Å². The Morgan fingerprint density at radius 1 is 1.28 bits per heavy atom. The van der Waals surface area contributed by atoms with Crippen LogP contribution in [0, 0.1) is 6.92 Å². The first-order valence-electron chi connectivity index (χ1n) is 9.36. The molecule has 0 amide bonds. The van der Waals surface area contributed by atoms with Crippen LogP contribution in [0.5, 0.6) is 5.75 Å². The van der Waals surface area contributed by atoms with E-state index in [1.807, 2.05) is 0 Å². The lowest BCUT2D eigenvalue weighted by Gasteiger charge is -2.22. The molecule has 1 aromatic carbocycles. The third kappa shape index (κ3) is 6.18. The standard InChI is InChI=1S/C19H21ClN3O8P/c1-12-10-23(19(26)22-18(12)25)16-8-7-15(30-16)11-29-32(27,21-9-17(24)28-2)31-14-5-3-13(20)4-6-14/h3-8,10,15-16H,9,11H2,1-2H3,(H,21,27)(H,22,25,26)/t15-,16+,32?/m0/s1. The van der Waals surface area contributed by atoms with Crippen molar-refractivity contribution in [1.82, 2.24) is 14.6 Å². The molecule has 3 rings (SSSR count). The number of halogens is 1. The number of ether oxygens (including phenoxy) is 2. The zero-order valence-electron chi connectivity index (χ0n) is 17.1. The summed E-state index contributed by atoms with van der Waals surface area (Å²) in [5.74, 6) is -0.468. The molecule has 32 heavy (non-hydrogen) atoms. The maximum Gasteiger partial charge on any atom is 0.459 e. The molecular weight excluding hydrogens is 465 g/mol. The quantitative estimate of drug-likeness (QED) is 0.310. The van der Waals surface area contributed by atoms with Crippen LogP contribution in [-0.2, 0) is 23.4 Å². The average molecular weight is 486 g/mol. The summed E-state index contributed by atoms with van der Waals surface area (Å²) < 4.78 is 35.5. The molecule has 2 heterocycles. The van der Waals surface area contributed by atoms with Gasteiger partial charge in [0.1, 0.15) is 18.4 Å². The van der Waals surface area contributed by atoms with Gasteiger partial charge in [0.15, 0.2) is 6.23 Å². The van der Waals surface area contributed by atoms with Crippen molar-refractivity contribution >= 4 is 25.3 Å². The number of carbonyl (C=O) groups is 1. The Labute approximate surface area is 187 Å². The van der Waals surface area contributed by atoms with Gasteiger partial charge >= 0.3 is 19.4 Å². The number of aromatic nitrogens is 2. The van der Waals surface area contributed by atoms with E-state index in [9.17, 15) is 18.9 Å². The van der Waals surface area contributed by atoms with Crippen molar-refractivity contribution in [2.24, 2.45) is 0 Å².